The molecular formula is C11H15BrN2O2. The van der Waals surface area contributed by atoms with E-state index in [0.29, 0.717) is 6.54 Å². The summed E-state index contributed by atoms with van der Waals surface area (Å²) in [6, 6.07) is 1.86. The summed E-state index contributed by atoms with van der Waals surface area (Å²) in [6.07, 6.45) is 3.24. The molecule has 1 unspecified atom stereocenters. The molecule has 1 atom stereocenters. The highest BCUT2D eigenvalue weighted by Crippen LogP contribution is 2.24. The smallest absolute Gasteiger partial charge is 0.134 e. The highest BCUT2D eigenvalue weighted by atomic mass is 79.9. The van der Waals surface area contributed by atoms with Crippen LogP contribution in [0.2, 0.25) is 0 Å². The number of hydrogen-bond acceptors (Lipinski definition) is 4. The van der Waals surface area contributed by atoms with Crippen LogP contribution in [0, 0.1) is 0 Å². The molecule has 5 heteroatoms. The van der Waals surface area contributed by atoms with Crippen molar-refractivity contribution >= 4 is 21.7 Å². The first kappa shape index (κ1) is 11.8. The van der Waals surface area contributed by atoms with E-state index < -0.39 is 0 Å². The average molecular weight is 287 g/mol. The molecule has 0 spiro atoms. The van der Waals surface area contributed by atoms with Gasteiger partial charge in [-0.3, -0.25) is 0 Å². The molecular weight excluding hydrogens is 272 g/mol. The van der Waals surface area contributed by atoms with E-state index in [2.05, 4.69) is 20.9 Å². The Hall–Kier alpha value is -0.650. The lowest BCUT2D eigenvalue weighted by Gasteiger charge is -2.32. The summed E-state index contributed by atoms with van der Waals surface area (Å²) < 4.78 is 0.859. The van der Waals surface area contributed by atoms with Gasteiger partial charge in [-0.1, -0.05) is 0 Å². The molecule has 16 heavy (non-hydrogen) atoms. The number of pyridine rings is 1. The van der Waals surface area contributed by atoms with E-state index in [0.717, 1.165) is 35.2 Å². The molecule has 2 heterocycles. The number of nitrogens with zero attached hydrogens (tertiary/aromatic N) is 2. The standard InChI is InChI=1S/C11H15BrN2O2/c12-9-4-8(7-15)11(13-5-9)14-3-1-2-10(16)6-14/h4-5,10,15-16H,1-3,6-7H2. The summed E-state index contributed by atoms with van der Waals surface area (Å²) in [6.45, 7) is 1.45. The van der Waals surface area contributed by atoms with Gasteiger partial charge in [0, 0.05) is 29.3 Å². The molecule has 1 aliphatic rings. The Labute approximate surface area is 103 Å². The molecule has 4 nitrogen and oxygen atoms in total. The van der Waals surface area contributed by atoms with E-state index >= 15 is 0 Å². The predicted molar refractivity (Wildman–Crippen MR) is 65.3 cm³/mol. The number of rotatable bonds is 2. The molecule has 2 N–H and O–H groups in total. The molecule has 1 aromatic heterocycles. The van der Waals surface area contributed by atoms with Crippen LogP contribution in [0.4, 0.5) is 5.82 Å². The molecule has 0 radical (unpaired) electrons. The van der Waals surface area contributed by atoms with Gasteiger partial charge in [0.05, 0.1) is 12.7 Å². The lowest BCUT2D eigenvalue weighted by Crippen LogP contribution is -2.39. The number of hydrogen-bond donors (Lipinski definition) is 2. The van der Waals surface area contributed by atoms with Crippen molar-refractivity contribution in [3.63, 3.8) is 0 Å². The second-order valence-corrected chi connectivity index (χ2v) is 4.95. The zero-order valence-corrected chi connectivity index (χ0v) is 10.5. The maximum atomic E-state index is 9.62. The van der Waals surface area contributed by atoms with E-state index in [-0.39, 0.29) is 12.7 Å². The van der Waals surface area contributed by atoms with Gasteiger partial charge in [0.25, 0.3) is 0 Å². The summed E-state index contributed by atoms with van der Waals surface area (Å²) in [4.78, 5) is 6.35. The van der Waals surface area contributed by atoms with Crippen LogP contribution in [0.5, 0.6) is 0 Å². The number of piperidine rings is 1. The van der Waals surface area contributed by atoms with Crippen LogP contribution in [0.25, 0.3) is 0 Å². The Morgan fingerprint density at radius 3 is 3.06 bits per heavy atom. The quantitative estimate of drug-likeness (QED) is 0.861. The first-order valence-electron chi connectivity index (χ1n) is 5.39. The number of anilines is 1. The third-order valence-electron chi connectivity index (χ3n) is 2.78. The van der Waals surface area contributed by atoms with Gasteiger partial charge in [-0.05, 0) is 34.8 Å². The van der Waals surface area contributed by atoms with Crippen molar-refractivity contribution < 1.29 is 10.2 Å². The number of halogens is 1. The maximum absolute atomic E-state index is 9.62. The zero-order valence-electron chi connectivity index (χ0n) is 8.93. The van der Waals surface area contributed by atoms with E-state index in [4.69, 9.17) is 0 Å². The molecule has 0 bridgehead atoms. The van der Waals surface area contributed by atoms with E-state index in [1.165, 1.54) is 0 Å². The Kier molecular flexibility index (Phi) is 3.78. The first-order valence-corrected chi connectivity index (χ1v) is 6.18. The monoisotopic (exact) mass is 286 g/mol. The molecule has 1 aliphatic heterocycles. The van der Waals surface area contributed by atoms with E-state index in [9.17, 15) is 10.2 Å². The summed E-state index contributed by atoms with van der Waals surface area (Å²) in [5.41, 5.74) is 0.795. The first-order chi connectivity index (χ1) is 7.70. The molecule has 1 aromatic rings. The lowest BCUT2D eigenvalue weighted by atomic mass is 10.1. The Morgan fingerprint density at radius 2 is 2.38 bits per heavy atom. The lowest BCUT2D eigenvalue weighted by molar-refractivity contribution is 0.153. The molecule has 0 amide bonds. The van der Waals surface area contributed by atoms with Gasteiger partial charge in [0.15, 0.2) is 0 Å². The van der Waals surface area contributed by atoms with Crippen molar-refractivity contribution in [2.75, 3.05) is 18.0 Å². The number of aromatic nitrogens is 1. The minimum absolute atomic E-state index is 0.0334. The van der Waals surface area contributed by atoms with Crippen molar-refractivity contribution in [3.8, 4) is 0 Å². The highest BCUT2D eigenvalue weighted by molar-refractivity contribution is 9.10. The minimum Gasteiger partial charge on any atom is -0.392 e. The van der Waals surface area contributed by atoms with Crippen LogP contribution in [-0.2, 0) is 6.61 Å². The third kappa shape index (κ3) is 2.53. The molecule has 0 aliphatic carbocycles. The number of β-amino-alcohol motifs (C(OH)–C–C–N with tert-alkyl or cyclic N) is 1. The molecule has 0 saturated carbocycles. The van der Waals surface area contributed by atoms with Gasteiger partial charge in [-0.15, -0.1) is 0 Å². The fourth-order valence-corrected chi connectivity index (χ4v) is 2.40. The van der Waals surface area contributed by atoms with Crippen molar-refractivity contribution in [2.45, 2.75) is 25.6 Å². The minimum atomic E-state index is -0.286. The van der Waals surface area contributed by atoms with Gasteiger partial charge in [0.2, 0.25) is 0 Å². The third-order valence-corrected chi connectivity index (χ3v) is 3.21. The molecule has 2 rings (SSSR count). The second kappa shape index (κ2) is 5.12. The predicted octanol–water partition coefficient (Wildman–Crippen LogP) is 1.30. The van der Waals surface area contributed by atoms with E-state index in [1.54, 1.807) is 6.20 Å². The summed E-state index contributed by atoms with van der Waals surface area (Å²) >= 11 is 3.33. The van der Waals surface area contributed by atoms with Crippen LogP contribution in [0.15, 0.2) is 16.7 Å². The van der Waals surface area contributed by atoms with Crippen LogP contribution >= 0.6 is 15.9 Å². The van der Waals surface area contributed by atoms with Gasteiger partial charge in [-0.25, -0.2) is 4.98 Å². The van der Waals surface area contributed by atoms with Crippen molar-refractivity contribution in [1.29, 1.82) is 0 Å². The summed E-state index contributed by atoms with van der Waals surface area (Å²) in [7, 11) is 0. The summed E-state index contributed by atoms with van der Waals surface area (Å²) in [5.74, 6) is 0.782. The van der Waals surface area contributed by atoms with Crippen LogP contribution in [0.1, 0.15) is 18.4 Å². The molecule has 1 fully saturated rings. The van der Waals surface area contributed by atoms with Crippen LogP contribution < -0.4 is 4.90 Å². The highest BCUT2D eigenvalue weighted by Gasteiger charge is 2.20. The largest absolute Gasteiger partial charge is 0.392 e. The SMILES string of the molecule is OCc1cc(Br)cnc1N1CCCC(O)C1. The van der Waals surface area contributed by atoms with E-state index in [1.807, 2.05) is 11.0 Å². The van der Waals surface area contributed by atoms with Gasteiger partial charge in [0.1, 0.15) is 5.82 Å². The van der Waals surface area contributed by atoms with Crippen LogP contribution in [-0.4, -0.2) is 34.4 Å². The Balaban J connectivity index is 2.24. The second-order valence-electron chi connectivity index (χ2n) is 4.04. The number of aliphatic hydroxyl groups excluding tert-OH is 2. The maximum Gasteiger partial charge on any atom is 0.134 e. The van der Waals surface area contributed by atoms with Gasteiger partial charge >= 0.3 is 0 Å². The van der Waals surface area contributed by atoms with Crippen molar-refractivity contribution in [1.82, 2.24) is 4.98 Å². The Morgan fingerprint density at radius 1 is 1.56 bits per heavy atom. The fraction of sp³-hybridized carbons (Fsp3) is 0.545. The normalized spacial score (nSPS) is 21.2. The Bertz CT molecular complexity index is 373. The average Bonchev–Trinajstić information content (AvgIpc) is 2.28. The molecule has 88 valence electrons. The van der Waals surface area contributed by atoms with Crippen LogP contribution in [0.3, 0.4) is 0 Å². The van der Waals surface area contributed by atoms with Gasteiger partial charge < -0.3 is 15.1 Å². The topological polar surface area (TPSA) is 56.6 Å². The van der Waals surface area contributed by atoms with Crippen molar-refractivity contribution in [2.24, 2.45) is 0 Å². The molecule has 0 aromatic carbocycles. The summed E-state index contributed by atoms with van der Waals surface area (Å²) in [5, 5.41) is 18.9. The van der Waals surface area contributed by atoms with Gasteiger partial charge in [-0.2, -0.15) is 0 Å². The van der Waals surface area contributed by atoms with Crippen molar-refractivity contribution in [3.05, 3.63) is 22.3 Å². The fourth-order valence-electron chi connectivity index (χ4n) is 2.02. The number of aliphatic hydroxyl groups is 2. The zero-order chi connectivity index (χ0) is 11.5. The molecule has 1 saturated heterocycles.